The lowest BCUT2D eigenvalue weighted by atomic mass is 10.1. The van der Waals surface area contributed by atoms with E-state index >= 15 is 0 Å². The zero-order valence-corrected chi connectivity index (χ0v) is 16.7. The predicted octanol–water partition coefficient (Wildman–Crippen LogP) is 2.79. The molecule has 7 heteroatoms. The number of nitrogens with zero attached hydrogens (tertiary/aromatic N) is 2. The molecule has 2 amide bonds. The van der Waals surface area contributed by atoms with Gasteiger partial charge < -0.3 is 19.6 Å². The summed E-state index contributed by atoms with van der Waals surface area (Å²) >= 11 is 0. The standard InChI is InChI=1S/C21H30N2O5/c1-3-4-14-28-19-9-7-17(8-10-19)21(27)22-12-5-6-18(11-13-22)23(16(2)24)15-20(25)26/h7-10,18H,3-6,11-15H2,1-2H3,(H,25,26). The molecule has 0 aromatic heterocycles. The first-order valence-electron chi connectivity index (χ1n) is 9.93. The third-order valence-corrected chi connectivity index (χ3v) is 5.00. The Hall–Kier alpha value is -2.57. The van der Waals surface area contributed by atoms with Crippen LogP contribution in [0, 0.1) is 0 Å². The SMILES string of the molecule is CCCCOc1ccc(C(=O)N2CCCC(N(CC(=O)O)C(C)=O)CC2)cc1. The molecule has 28 heavy (non-hydrogen) atoms. The van der Waals surface area contributed by atoms with E-state index in [4.69, 9.17) is 9.84 Å². The number of hydrogen-bond acceptors (Lipinski definition) is 4. The van der Waals surface area contributed by atoms with Crippen molar-refractivity contribution in [3.05, 3.63) is 29.8 Å². The third-order valence-electron chi connectivity index (χ3n) is 5.00. The van der Waals surface area contributed by atoms with Crippen molar-refractivity contribution in [2.75, 3.05) is 26.2 Å². The van der Waals surface area contributed by atoms with E-state index in [0.29, 0.717) is 38.1 Å². The van der Waals surface area contributed by atoms with Gasteiger partial charge in [-0.05, 0) is 49.9 Å². The maximum Gasteiger partial charge on any atom is 0.323 e. The fourth-order valence-corrected chi connectivity index (χ4v) is 3.45. The zero-order valence-electron chi connectivity index (χ0n) is 16.7. The minimum atomic E-state index is -1.02. The molecule has 0 saturated carbocycles. The summed E-state index contributed by atoms with van der Waals surface area (Å²) in [5, 5.41) is 9.04. The Morgan fingerprint density at radius 3 is 2.50 bits per heavy atom. The minimum Gasteiger partial charge on any atom is -0.494 e. The van der Waals surface area contributed by atoms with Crippen LogP contribution in [0.1, 0.15) is 56.3 Å². The van der Waals surface area contributed by atoms with Crippen LogP contribution in [0.5, 0.6) is 5.75 Å². The van der Waals surface area contributed by atoms with Crippen LogP contribution in [0.4, 0.5) is 0 Å². The molecule has 0 spiro atoms. The smallest absolute Gasteiger partial charge is 0.323 e. The fourth-order valence-electron chi connectivity index (χ4n) is 3.45. The maximum absolute atomic E-state index is 12.8. The van der Waals surface area contributed by atoms with Crippen molar-refractivity contribution in [2.45, 2.75) is 52.0 Å². The second-order valence-corrected chi connectivity index (χ2v) is 7.14. The van der Waals surface area contributed by atoms with Crippen molar-refractivity contribution >= 4 is 17.8 Å². The van der Waals surface area contributed by atoms with E-state index in [1.54, 1.807) is 17.0 Å². The summed E-state index contributed by atoms with van der Waals surface area (Å²) in [6, 6.07) is 7.03. The van der Waals surface area contributed by atoms with Crippen LogP contribution in [0.2, 0.25) is 0 Å². The average Bonchev–Trinajstić information content (AvgIpc) is 2.92. The van der Waals surface area contributed by atoms with Gasteiger partial charge in [-0.25, -0.2) is 0 Å². The number of carboxylic acid groups (broad SMARTS) is 1. The molecule has 1 aliphatic heterocycles. The lowest BCUT2D eigenvalue weighted by Gasteiger charge is -2.28. The molecule has 1 saturated heterocycles. The van der Waals surface area contributed by atoms with E-state index in [9.17, 15) is 14.4 Å². The first kappa shape index (κ1) is 21.7. The van der Waals surface area contributed by atoms with Crippen molar-refractivity contribution in [3.63, 3.8) is 0 Å². The van der Waals surface area contributed by atoms with Crippen LogP contribution < -0.4 is 4.74 Å². The van der Waals surface area contributed by atoms with Gasteiger partial charge in [0.25, 0.3) is 5.91 Å². The summed E-state index contributed by atoms with van der Waals surface area (Å²) in [6.45, 7) is 4.97. The Balaban J connectivity index is 1.96. The summed E-state index contributed by atoms with van der Waals surface area (Å²) in [5.41, 5.74) is 0.607. The van der Waals surface area contributed by atoms with Gasteiger partial charge in [-0.1, -0.05) is 13.3 Å². The summed E-state index contributed by atoms with van der Waals surface area (Å²) < 4.78 is 5.63. The summed E-state index contributed by atoms with van der Waals surface area (Å²) in [4.78, 5) is 38.9. The lowest BCUT2D eigenvalue weighted by molar-refractivity contribution is -0.145. The van der Waals surface area contributed by atoms with Crippen molar-refractivity contribution in [1.29, 1.82) is 0 Å². The number of carboxylic acids is 1. The Labute approximate surface area is 166 Å². The molecule has 1 aromatic rings. The monoisotopic (exact) mass is 390 g/mol. The minimum absolute atomic E-state index is 0.0478. The van der Waals surface area contributed by atoms with Crippen LogP contribution >= 0.6 is 0 Å². The first-order valence-corrected chi connectivity index (χ1v) is 9.93. The van der Waals surface area contributed by atoms with Gasteiger partial charge in [-0.2, -0.15) is 0 Å². The molecule has 7 nitrogen and oxygen atoms in total. The van der Waals surface area contributed by atoms with Gasteiger partial charge >= 0.3 is 5.97 Å². The van der Waals surface area contributed by atoms with E-state index in [0.717, 1.165) is 25.0 Å². The summed E-state index contributed by atoms with van der Waals surface area (Å²) in [5.74, 6) is -0.556. The number of amides is 2. The average molecular weight is 390 g/mol. The number of carbonyl (C=O) groups excluding carboxylic acids is 2. The lowest BCUT2D eigenvalue weighted by Crippen LogP contribution is -2.43. The largest absolute Gasteiger partial charge is 0.494 e. The molecule has 0 aliphatic carbocycles. The highest BCUT2D eigenvalue weighted by Crippen LogP contribution is 2.20. The van der Waals surface area contributed by atoms with Crippen molar-refractivity contribution in [3.8, 4) is 5.75 Å². The van der Waals surface area contributed by atoms with E-state index < -0.39 is 5.97 Å². The fraction of sp³-hybridized carbons (Fsp3) is 0.571. The van der Waals surface area contributed by atoms with Crippen LogP contribution in [-0.4, -0.2) is 65.0 Å². The highest BCUT2D eigenvalue weighted by molar-refractivity contribution is 5.94. The van der Waals surface area contributed by atoms with Crippen LogP contribution in [-0.2, 0) is 9.59 Å². The number of rotatable bonds is 8. The molecule has 1 aliphatic rings. The number of hydrogen-bond donors (Lipinski definition) is 1. The first-order chi connectivity index (χ1) is 13.4. The van der Waals surface area contributed by atoms with Gasteiger partial charge in [0, 0.05) is 31.6 Å². The van der Waals surface area contributed by atoms with E-state index in [-0.39, 0.29) is 24.4 Å². The molecule has 1 unspecified atom stereocenters. The molecule has 1 atom stereocenters. The Morgan fingerprint density at radius 1 is 1.18 bits per heavy atom. The molecular weight excluding hydrogens is 360 g/mol. The zero-order chi connectivity index (χ0) is 20.5. The van der Waals surface area contributed by atoms with Gasteiger partial charge in [0.05, 0.1) is 6.61 Å². The maximum atomic E-state index is 12.8. The molecule has 2 rings (SSSR count). The predicted molar refractivity (Wildman–Crippen MR) is 105 cm³/mol. The van der Waals surface area contributed by atoms with Gasteiger partial charge in [0.2, 0.25) is 5.91 Å². The molecule has 1 N–H and O–H groups in total. The normalized spacial score (nSPS) is 16.9. The number of aliphatic carboxylic acids is 1. The third kappa shape index (κ3) is 6.25. The molecular formula is C21H30N2O5. The Morgan fingerprint density at radius 2 is 1.89 bits per heavy atom. The molecule has 0 radical (unpaired) electrons. The highest BCUT2D eigenvalue weighted by atomic mass is 16.5. The van der Waals surface area contributed by atoms with E-state index in [1.165, 1.54) is 11.8 Å². The van der Waals surface area contributed by atoms with Crippen LogP contribution in [0.3, 0.4) is 0 Å². The highest BCUT2D eigenvalue weighted by Gasteiger charge is 2.27. The molecule has 1 heterocycles. The number of likely N-dealkylation sites (tertiary alicyclic amines) is 1. The number of ether oxygens (including phenoxy) is 1. The van der Waals surface area contributed by atoms with Crippen molar-refractivity contribution in [2.24, 2.45) is 0 Å². The number of unbranched alkanes of at least 4 members (excludes halogenated alkanes) is 1. The van der Waals surface area contributed by atoms with Crippen molar-refractivity contribution in [1.82, 2.24) is 9.80 Å². The van der Waals surface area contributed by atoms with E-state index in [2.05, 4.69) is 6.92 Å². The van der Waals surface area contributed by atoms with Gasteiger partial charge in [0.1, 0.15) is 12.3 Å². The van der Waals surface area contributed by atoms with Crippen LogP contribution in [0.15, 0.2) is 24.3 Å². The summed E-state index contributed by atoms with van der Waals surface area (Å²) in [6.07, 6.45) is 4.07. The molecule has 1 aromatic carbocycles. The van der Waals surface area contributed by atoms with Gasteiger partial charge in [-0.3, -0.25) is 14.4 Å². The van der Waals surface area contributed by atoms with Crippen LogP contribution in [0.25, 0.3) is 0 Å². The quantitative estimate of drug-likeness (QED) is 0.690. The molecule has 0 bridgehead atoms. The Kier molecular flexibility index (Phi) is 8.29. The molecule has 154 valence electrons. The second-order valence-electron chi connectivity index (χ2n) is 7.14. The van der Waals surface area contributed by atoms with Gasteiger partial charge in [-0.15, -0.1) is 0 Å². The number of carbonyl (C=O) groups is 3. The second kappa shape index (κ2) is 10.7. The summed E-state index contributed by atoms with van der Waals surface area (Å²) in [7, 11) is 0. The topological polar surface area (TPSA) is 87.2 Å². The van der Waals surface area contributed by atoms with E-state index in [1.807, 2.05) is 12.1 Å². The number of benzene rings is 1. The van der Waals surface area contributed by atoms with Gasteiger partial charge in [0.15, 0.2) is 0 Å². The Bertz CT molecular complexity index is 674. The molecule has 1 fully saturated rings. The van der Waals surface area contributed by atoms with Crippen molar-refractivity contribution < 1.29 is 24.2 Å².